The van der Waals surface area contributed by atoms with Gasteiger partial charge in [0.15, 0.2) is 11.2 Å². The van der Waals surface area contributed by atoms with Gasteiger partial charge in [0.05, 0.1) is 6.54 Å². The second kappa shape index (κ2) is 6.13. The molecule has 0 saturated heterocycles. The predicted octanol–water partition coefficient (Wildman–Crippen LogP) is 2.49. The number of imidazole rings is 2. The third-order valence-electron chi connectivity index (χ3n) is 5.18. The van der Waals surface area contributed by atoms with E-state index in [2.05, 4.69) is 4.98 Å². The first-order valence-corrected chi connectivity index (χ1v) is 9.15. The van der Waals surface area contributed by atoms with E-state index in [1.807, 2.05) is 35.8 Å². The molecule has 8 heteroatoms. The zero-order chi connectivity index (χ0) is 19.5. The molecular formula is C19H20ClN5O2. The number of aromatic nitrogens is 5. The van der Waals surface area contributed by atoms with Gasteiger partial charge in [-0.05, 0) is 38.5 Å². The molecular weight excluding hydrogens is 366 g/mol. The zero-order valence-corrected chi connectivity index (χ0v) is 16.4. The quantitative estimate of drug-likeness (QED) is 0.544. The molecule has 1 aromatic carbocycles. The maximum atomic E-state index is 13.3. The van der Waals surface area contributed by atoms with Gasteiger partial charge < -0.3 is 4.57 Å². The van der Waals surface area contributed by atoms with Gasteiger partial charge in [-0.1, -0.05) is 23.7 Å². The number of fused-ring (bicyclic) bond motifs is 3. The number of rotatable bonds is 3. The Kier molecular flexibility index (Phi) is 3.99. The maximum Gasteiger partial charge on any atom is 0.332 e. The van der Waals surface area contributed by atoms with Crippen LogP contribution in [0.1, 0.15) is 23.9 Å². The van der Waals surface area contributed by atoms with Gasteiger partial charge in [0, 0.05) is 30.0 Å². The number of hydrogen-bond donors (Lipinski definition) is 0. The normalized spacial score (nSPS) is 11.7. The predicted molar refractivity (Wildman–Crippen MR) is 106 cm³/mol. The Labute approximate surface area is 160 Å². The lowest BCUT2D eigenvalue weighted by Gasteiger charge is -2.09. The monoisotopic (exact) mass is 385 g/mol. The second-order valence-corrected chi connectivity index (χ2v) is 7.13. The molecule has 0 aliphatic rings. The van der Waals surface area contributed by atoms with E-state index in [1.54, 1.807) is 25.2 Å². The van der Waals surface area contributed by atoms with E-state index < -0.39 is 5.69 Å². The molecule has 4 aromatic rings. The lowest BCUT2D eigenvalue weighted by atomic mass is 10.2. The van der Waals surface area contributed by atoms with Crippen molar-refractivity contribution in [3.05, 3.63) is 67.1 Å². The molecule has 0 amide bonds. The molecule has 3 heterocycles. The number of halogens is 1. The highest BCUT2D eigenvalue weighted by Gasteiger charge is 2.22. The van der Waals surface area contributed by atoms with Crippen LogP contribution in [0, 0.1) is 13.8 Å². The summed E-state index contributed by atoms with van der Waals surface area (Å²) in [6.07, 6.45) is 0. The van der Waals surface area contributed by atoms with Gasteiger partial charge in [0.25, 0.3) is 5.56 Å². The molecule has 7 nitrogen and oxygen atoms in total. The zero-order valence-electron chi connectivity index (χ0n) is 15.7. The molecule has 3 aromatic heterocycles. The van der Waals surface area contributed by atoms with Gasteiger partial charge in [0.1, 0.15) is 0 Å². The molecule has 0 N–H and O–H groups in total. The molecule has 0 radical (unpaired) electrons. The minimum Gasteiger partial charge on any atom is -0.314 e. The van der Waals surface area contributed by atoms with Crippen molar-refractivity contribution in [1.29, 1.82) is 0 Å². The third-order valence-corrected chi connectivity index (χ3v) is 5.41. The average molecular weight is 386 g/mol. The Morgan fingerprint density at radius 2 is 1.85 bits per heavy atom. The summed E-state index contributed by atoms with van der Waals surface area (Å²) in [4.78, 5) is 30.7. The van der Waals surface area contributed by atoms with Crippen LogP contribution >= 0.6 is 11.6 Å². The fourth-order valence-corrected chi connectivity index (χ4v) is 3.86. The van der Waals surface area contributed by atoms with Crippen molar-refractivity contribution in [2.45, 2.75) is 33.9 Å². The van der Waals surface area contributed by atoms with E-state index in [0.29, 0.717) is 22.0 Å². The van der Waals surface area contributed by atoms with Crippen LogP contribution in [-0.2, 0) is 20.1 Å². The summed E-state index contributed by atoms with van der Waals surface area (Å²) in [5, 5.41) is 0.566. The highest BCUT2D eigenvalue weighted by Crippen LogP contribution is 2.20. The molecule has 0 atom stereocenters. The van der Waals surface area contributed by atoms with E-state index in [4.69, 9.17) is 11.6 Å². The molecule has 4 rings (SSSR count). The van der Waals surface area contributed by atoms with Gasteiger partial charge in [0.2, 0.25) is 5.78 Å². The molecule has 0 saturated carbocycles. The van der Waals surface area contributed by atoms with E-state index >= 15 is 0 Å². The minimum absolute atomic E-state index is 0.155. The van der Waals surface area contributed by atoms with Gasteiger partial charge in [-0.3, -0.25) is 18.3 Å². The fraction of sp³-hybridized carbons (Fsp3) is 0.316. The number of hydrogen-bond acceptors (Lipinski definition) is 3. The fourth-order valence-electron chi connectivity index (χ4n) is 3.65. The maximum absolute atomic E-state index is 13.3. The summed E-state index contributed by atoms with van der Waals surface area (Å²) in [5.41, 5.74) is 2.86. The van der Waals surface area contributed by atoms with Crippen molar-refractivity contribution in [2.24, 2.45) is 7.05 Å². The first-order chi connectivity index (χ1) is 12.8. The molecule has 0 unspecified atom stereocenters. The van der Waals surface area contributed by atoms with Crippen molar-refractivity contribution in [1.82, 2.24) is 23.1 Å². The highest BCUT2D eigenvalue weighted by atomic mass is 35.5. The molecule has 0 bridgehead atoms. The summed E-state index contributed by atoms with van der Waals surface area (Å²) >= 11 is 6.05. The summed E-state index contributed by atoms with van der Waals surface area (Å²) in [6.45, 7) is 6.88. The smallest absolute Gasteiger partial charge is 0.314 e. The standard InChI is InChI=1S/C19H20ClN5O2/c1-5-23-11(2)12(3)25-15-16(21-18(23)25)22(4)19(27)24(17(15)26)10-13-7-6-8-14(20)9-13/h6-9H,5,10H2,1-4H3. The topological polar surface area (TPSA) is 66.2 Å². The van der Waals surface area contributed by atoms with Gasteiger partial charge in [-0.25, -0.2) is 4.79 Å². The van der Waals surface area contributed by atoms with Crippen molar-refractivity contribution in [2.75, 3.05) is 0 Å². The molecule has 140 valence electrons. The van der Waals surface area contributed by atoms with Crippen LogP contribution in [0.4, 0.5) is 0 Å². The Bertz CT molecular complexity index is 1320. The van der Waals surface area contributed by atoms with Gasteiger partial charge in [-0.2, -0.15) is 4.98 Å². The van der Waals surface area contributed by atoms with Crippen LogP contribution in [0.5, 0.6) is 0 Å². The van der Waals surface area contributed by atoms with Crippen molar-refractivity contribution in [3.63, 3.8) is 0 Å². The second-order valence-electron chi connectivity index (χ2n) is 6.70. The number of benzene rings is 1. The average Bonchev–Trinajstić information content (AvgIpc) is 3.13. The van der Waals surface area contributed by atoms with Crippen LogP contribution in [0.3, 0.4) is 0 Å². The highest BCUT2D eigenvalue weighted by molar-refractivity contribution is 6.30. The first-order valence-electron chi connectivity index (χ1n) is 8.77. The Balaban J connectivity index is 2.08. The molecule has 0 aliphatic carbocycles. The minimum atomic E-state index is -0.398. The summed E-state index contributed by atoms with van der Waals surface area (Å²) in [7, 11) is 1.64. The largest absolute Gasteiger partial charge is 0.332 e. The van der Waals surface area contributed by atoms with Gasteiger partial charge >= 0.3 is 5.69 Å². The molecule has 0 aliphatic heterocycles. The number of nitrogens with zero attached hydrogens (tertiary/aromatic N) is 5. The Morgan fingerprint density at radius 1 is 1.11 bits per heavy atom. The van der Waals surface area contributed by atoms with Crippen LogP contribution in [0.25, 0.3) is 16.9 Å². The number of aryl methyl sites for hydroxylation is 3. The van der Waals surface area contributed by atoms with Crippen molar-refractivity contribution in [3.8, 4) is 0 Å². The van der Waals surface area contributed by atoms with Crippen molar-refractivity contribution < 1.29 is 0 Å². The van der Waals surface area contributed by atoms with E-state index in [0.717, 1.165) is 23.5 Å². The van der Waals surface area contributed by atoms with E-state index in [1.165, 1.54) is 9.13 Å². The van der Waals surface area contributed by atoms with Gasteiger partial charge in [-0.15, -0.1) is 0 Å². The van der Waals surface area contributed by atoms with E-state index in [-0.39, 0.29) is 12.1 Å². The Hall–Kier alpha value is -2.80. The lowest BCUT2D eigenvalue weighted by molar-refractivity contribution is 0.656. The third kappa shape index (κ3) is 2.45. The molecule has 27 heavy (non-hydrogen) atoms. The summed E-state index contributed by atoms with van der Waals surface area (Å²) < 4.78 is 6.56. The lowest BCUT2D eigenvalue weighted by Crippen LogP contribution is -2.39. The first kappa shape index (κ1) is 17.6. The SMILES string of the molecule is CCn1c(C)c(C)n2c3c(=O)n(Cc4cccc(Cl)c4)c(=O)n(C)c3nc12. The van der Waals surface area contributed by atoms with Crippen molar-refractivity contribution >= 4 is 28.5 Å². The molecule has 0 spiro atoms. The summed E-state index contributed by atoms with van der Waals surface area (Å²) in [6, 6.07) is 7.16. The Morgan fingerprint density at radius 3 is 2.52 bits per heavy atom. The summed E-state index contributed by atoms with van der Waals surface area (Å²) in [5.74, 6) is 0.676. The molecule has 0 fully saturated rings. The van der Waals surface area contributed by atoms with E-state index in [9.17, 15) is 9.59 Å². The van der Waals surface area contributed by atoms with Crippen LogP contribution in [0.2, 0.25) is 5.02 Å². The van der Waals surface area contributed by atoms with Crippen LogP contribution < -0.4 is 11.2 Å². The van der Waals surface area contributed by atoms with Crippen LogP contribution in [0.15, 0.2) is 33.9 Å². The van der Waals surface area contributed by atoms with Crippen LogP contribution in [-0.4, -0.2) is 23.1 Å².